The molecule has 0 spiro atoms. The summed E-state index contributed by atoms with van der Waals surface area (Å²) in [6, 6.07) is 1.76. The summed E-state index contributed by atoms with van der Waals surface area (Å²) in [5.74, 6) is -0.892. The largest absolute Gasteiger partial charge is 0.493 e. The van der Waals surface area contributed by atoms with Crippen LogP contribution in [0.25, 0.3) is 0 Å². The number of hydrogen-bond acceptors (Lipinski definition) is 2. The number of ether oxygens (including phenoxy) is 1. The monoisotopic (exact) mass is 237 g/mol. The van der Waals surface area contributed by atoms with Crippen molar-refractivity contribution in [1.82, 2.24) is 0 Å². The number of benzene rings is 1. The Morgan fingerprint density at radius 3 is 2.50 bits per heavy atom. The fourth-order valence-corrected chi connectivity index (χ4v) is 1.30. The van der Waals surface area contributed by atoms with Crippen molar-refractivity contribution in [1.29, 1.82) is 0 Å². The van der Waals surface area contributed by atoms with Crippen LogP contribution in [-0.4, -0.2) is 19.3 Å². The van der Waals surface area contributed by atoms with E-state index in [2.05, 4.69) is 0 Å². The molecule has 0 radical (unpaired) electrons. The second kappa shape index (κ2) is 4.69. The highest BCUT2D eigenvalue weighted by molar-refractivity contribution is 5.35. The first-order valence-corrected chi connectivity index (χ1v) is 4.50. The highest BCUT2D eigenvalue weighted by atomic mass is 19.4. The molecule has 0 saturated carbocycles. The fourth-order valence-electron chi connectivity index (χ4n) is 1.30. The molecule has 90 valence electrons. The Kier molecular flexibility index (Phi) is 3.74. The quantitative estimate of drug-likeness (QED) is 0.818. The van der Waals surface area contributed by atoms with Crippen LogP contribution in [-0.2, 0) is 6.42 Å². The molecule has 0 aliphatic rings. The first kappa shape index (κ1) is 12.8. The highest BCUT2D eigenvalue weighted by Crippen LogP contribution is 2.27. The van der Waals surface area contributed by atoms with Crippen molar-refractivity contribution >= 4 is 0 Å². The second-order valence-electron chi connectivity index (χ2n) is 3.28. The van der Waals surface area contributed by atoms with E-state index in [9.17, 15) is 17.6 Å². The molecule has 0 aliphatic carbocycles. The molecular formula is C10H11F4NO. The predicted molar refractivity (Wildman–Crippen MR) is 50.7 cm³/mol. The van der Waals surface area contributed by atoms with Crippen LogP contribution < -0.4 is 10.5 Å². The minimum atomic E-state index is -4.50. The molecule has 16 heavy (non-hydrogen) atoms. The van der Waals surface area contributed by atoms with E-state index in [0.29, 0.717) is 0 Å². The van der Waals surface area contributed by atoms with Crippen LogP contribution in [0.2, 0.25) is 0 Å². The van der Waals surface area contributed by atoms with E-state index in [-0.39, 0.29) is 11.3 Å². The number of rotatable bonds is 3. The Labute approximate surface area is 90.0 Å². The molecule has 0 heterocycles. The van der Waals surface area contributed by atoms with Crippen LogP contribution in [0.3, 0.4) is 0 Å². The third-order valence-electron chi connectivity index (χ3n) is 2.11. The average molecular weight is 237 g/mol. The van der Waals surface area contributed by atoms with E-state index in [4.69, 9.17) is 10.5 Å². The third kappa shape index (κ3) is 2.85. The zero-order chi connectivity index (χ0) is 12.3. The first-order valence-electron chi connectivity index (χ1n) is 4.50. The number of hydrogen-bond donors (Lipinski definition) is 1. The smallest absolute Gasteiger partial charge is 0.403 e. The van der Waals surface area contributed by atoms with Crippen LogP contribution in [0.15, 0.2) is 18.2 Å². The summed E-state index contributed by atoms with van der Waals surface area (Å²) in [7, 11) is 1.20. The van der Waals surface area contributed by atoms with E-state index in [1.54, 1.807) is 0 Å². The van der Waals surface area contributed by atoms with E-state index >= 15 is 0 Å². The molecule has 0 fully saturated rings. The molecule has 0 aromatic heterocycles. The lowest BCUT2D eigenvalue weighted by atomic mass is 10.0. The van der Waals surface area contributed by atoms with Gasteiger partial charge in [-0.2, -0.15) is 13.2 Å². The van der Waals surface area contributed by atoms with Crippen LogP contribution in [0.5, 0.6) is 5.75 Å². The molecular weight excluding hydrogens is 226 g/mol. The molecule has 1 unspecified atom stereocenters. The Morgan fingerprint density at radius 1 is 1.38 bits per heavy atom. The third-order valence-corrected chi connectivity index (χ3v) is 2.11. The molecule has 1 aromatic rings. The first-order chi connectivity index (χ1) is 7.36. The summed E-state index contributed by atoms with van der Waals surface area (Å²) in [6.07, 6.45) is -5.01. The molecule has 6 heteroatoms. The van der Waals surface area contributed by atoms with Gasteiger partial charge in [0.1, 0.15) is 6.04 Å². The number of methoxy groups -OCH3 is 1. The number of alkyl halides is 3. The molecule has 0 saturated heterocycles. The lowest BCUT2D eigenvalue weighted by Gasteiger charge is -2.17. The topological polar surface area (TPSA) is 35.2 Å². The van der Waals surface area contributed by atoms with Crippen molar-refractivity contribution in [3.63, 3.8) is 0 Å². The molecule has 2 N–H and O–H groups in total. The molecule has 0 aliphatic heterocycles. The van der Waals surface area contributed by atoms with Gasteiger partial charge in [-0.3, -0.25) is 0 Å². The fraction of sp³-hybridized carbons (Fsp3) is 0.400. The normalized spacial score (nSPS) is 13.6. The SMILES string of the molecule is COc1c(F)cccc1CC(N)C(F)(F)F. The lowest BCUT2D eigenvalue weighted by Crippen LogP contribution is -2.39. The number of nitrogens with two attached hydrogens (primary N) is 1. The lowest BCUT2D eigenvalue weighted by molar-refractivity contribution is -0.147. The summed E-state index contributed by atoms with van der Waals surface area (Å²) >= 11 is 0. The molecule has 1 atom stereocenters. The van der Waals surface area contributed by atoms with E-state index < -0.39 is 24.5 Å². The molecule has 1 aromatic carbocycles. The minimum Gasteiger partial charge on any atom is -0.493 e. The maximum Gasteiger partial charge on any atom is 0.403 e. The summed E-state index contributed by atoms with van der Waals surface area (Å²) in [5.41, 5.74) is 5.06. The Morgan fingerprint density at radius 2 is 2.00 bits per heavy atom. The van der Waals surface area contributed by atoms with Gasteiger partial charge in [-0.15, -0.1) is 0 Å². The molecule has 2 nitrogen and oxygen atoms in total. The zero-order valence-electron chi connectivity index (χ0n) is 8.51. The molecule has 0 bridgehead atoms. The van der Waals surface area contributed by atoms with Gasteiger partial charge in [-0.25, -0.2) is 4.39 Å². The maximum atomic E-state index is 13.2. The van der Waals surface area contributed by atoms with Crippen LogP contribution in [0.4, 0.5) is 17.6 Å². The van der Waals surface area contributed by atoms with E-state index in [1.807, 2.05) is 0 Å². The highest BCUT2D eigenvalue weighted by Gasteiger charge is 2.37. The Balaban J connectivity index is 2.93. The predicted octanol–water partition coefficient (Wildman–Crippen LogP) is 2.27. The maximum absolute atomic E-state index is 13.2. The van der Waals surface area contributed by atoms with Crippen LogP contribution in [0, 0.1) is 5.82 Å². The van der Waals surface area contributed by atoms with Crippen molar-refractivity contribution < 1.29 is 22.3 Å². The summed E-state index contributed by atoms with van der Waals surface area (Å²) in [4.78, 5) is 0. The summed E-state index contributed by atoms with van der Waals surface area (Å²) < 4.78 is 54.5. The minimum absolute atomic E-state index is 0.104. The molecule has 0 amide bonds. The Bertz CT molecular complexity index is 364. The average Bonchev–Trinajstić information content (AvgIpc) is 2.16. The van der Waals surface area contributed by atoms with Gasteiger partial charge in [0.2, 0.25) is 0 Å². The van der Waals surface area contributed by atoms with Gasteiger partial charge in [0, 0.05) is 6.42 Å². The second-order valence-corrected chi connectivity index (χ2v) is 3.28. The van der Waals surface area contributed by atoms with Crippen LogP contribution in [0.1, 0.15) is 5.56 Å². The van der Waals surface area contributed by atoms with Gasteiger partial charge in [-0.05, 0) is 11.6 Å². The van der Waals surface area contributed by atoms with Gasteiger partial charge in [0.05, 0.1) is 7.11 Å². The van der Waals surface area contributed by atoms with Gasteiger partial charge < -0.3 is 10.5 Å². The van der Waals surface area contributed by atoms with Gasteiger partial charge >= 0.3 is 6.18 Å². The van der Waals surface area contributed by atoms with Gasteiger partial charge in [0.25, 0.3) is 0 Å². The Hall–Kier alpha value is -1.30. The standard InChI is InChI=1S/C10H11F4NO/c1-16-9-6(3-2-4-7(9)11)5-8(15)10(12,13)14/h2-4,8H,5,15H2,1H3. The van der Waals surface area contributed by atoms with Crippen molar-refractivity contribution in [2.75, 3.05) is 7.11 Å². The van der Waals surface area contributed by atoms with Crippen LogP contribution >= 0.6 is 0 Å². The van der Waals surface area contributed by atoms with Gasteiger partial charge in [0.15, 0.2) is 11.6 Å². The summed E-state index contributed by atoms with van der Waals surface area (Å²) in [5, 5.41) is 0. The number of para-hydroxylation sites is 1. The zero-order valence-corrected chi connectivity index (χ0v) is 8.51. The van der Waals surface area contributed by atoms with Crippen molar-refractivity contribution in [2.24, 2.45) is 5.73 Å². The summed E-state index contributed by atoms with van der Waals surface area (Å²) in [6.45, 7) is 0. The van der Waals surface area contributed by atoms with Gasteiger partial charge in [-0.1, -0.05) is 12.1 Å². The van der Waals surface area contributed by atoms with E-state index in [0.717, 1.165) is 6.07 Å². The van der Waals surface area contributed by atoms with Crippen molar-refractivity contribution in [3.8, 4) is 5.75 Å². The van der Waals surface area contributed by atoms with Crippen molar-refractivity contribution in [3.05, 3.63) is 29.6 Å². The van der Waals surface area contributed by atoms with Crippen molar-refractivity contribution in [2.45, 2.75) is 18.6 Å². The number of halogens is 4. The molecule has 1 rings (SSSR count). The van der Waals surface area contributed by atoms with E-state index in [1.165, 1.54) is 19.2 Å².